The van der Waals surface area contributed by atoms with Crippen molar-refractivity contribution in [3.05, 3.63) is 69.9 Å². The molecule has 0 aliphatic carbocycles. The summed E-state index contributed by atoms with van der Waals surface area (Å²) in [6.07, 6.45) is 2.42. The van der Waals surface area contributed by atoms with Crippen molar-refractivity contribution in [2.75, 3.05) is 5.43 Å². The number of hydrogen-bond donors (Lipinski definition) is 2. The maximum atomic E-state index is 11.9. The monoisotopic (exact) mass is 369 g/mol. The van der Waals surface area contributed by atoms with Crippen molar-refractivity contribution in [3.63, 3.8) is 0 Å². The molecule has 0 fully saturated rings. The van der Waals surface area contributed by atoms with Crippen molar-refractivity contribution in [1.82, 2.24) is 15.4 Å². The van der Waals surface area contributed by atoms with Crippen LogP contribution in [0.5, 0.6) is 11.6 Å². The maximum Gasteiger partial charge on any atom is 0.374 e. The van der Waals surface area contributed by atoms with Crippen molar-refractivity contribution in [2.24, 2.45) is 0 Å². The van der Waals surface area contributed by atoms with E-state index in [-0.39, 0.29) is 17.5 Å². The molecule has 1 aromatic carbocycles. The summed E-state index contributed by atoms with van der Waals surface area (Å²) in [5, 5.41) is 11.5. The fourth-order valence-corrected chi connectivity index (χ4v) is 2.17. The average molecular weight is 369 g/mol. The van der Waals surface area contributed by atoms with Gasteiger partial charge < -0.3 is 9.15 Å². The van der Waals surface area contributed by atoms with Gasteiger partial charge in [0, 0.05) is 0 Å². The van der Waals surface area contributed by atoms with E-state index in [4.69, 9.17) is 9.15 Å². The molecule has 0 saturated heterocycles. The van der Waals surface area contributed by atoms with Crippen LogP contribution in [0.3, 0.4) is 0 Å². The molecule has 0 bridgehead atoms. The van der Waals surface area contributed by atoms with E-state index in [1.807, 2.05) is 19.9 Å². The number of hydrogen-bond acceptors (Lipinski definition) is 8. The zero-order valence-electron chi connectivity index (χ0n) is 14.4. The number of nitrogens with one attached hydrogen (secondary N) is 2. The molecule has 0 aliphatic rings. The van der Waals surface area contributed by atoms with Crippen molar-refractivity contribution in [1.29, 1.82) is 0 Å². The highest BCUT2D eigenvalue weighted by Gasteiger charge is 2.26. The molecule has 10 nitrogen and oxygen atoms in total. The first kappa shape index (κ1) is 17.9. The summed E-state index contributed by atoms with van der Waals surface area (Å²) < 4.78 is 10.5. The van der Waals surface area contributed by atoms with Gasteiger partial charge >= 0.3 is 17.5 Å². The molecule has 2 N–H and O–H groups in total. The second kappa shape index (κ2) is 7.52. The smallest absolute Gasteiger partial charge is 0.374 e. The van der Waals surface area contributed by atoms with Gasteiger partial charge in [0.15, 0.2) is 5.76 Å². The van der Waals surface area contributed by atoms with Gasteiger partial charge in [-0.05, 0) is 49.2 Å². The summed E-state index contributed by atoms with van der Waals surface area (Å²) in [6.45, 7) is 3.84. The second-order valence-corrected chi connectivity index (χ2v) is 5.54. The van der Waals surface area contributed by atoms with Crippen molar-refractivity contribution < 1.29 is 18.9 Å². The van der Waals surface area contributed by atoms with Gasteiger partial charge in [-0.15, -0.1) is 0 Å². The highest BCUT2D eigenvalue weighted by Crippen LogP contribution is 2.34. The van der Waals surface area contributed by atoms with Gasteiger partial charge in [0.2, 0.25) is 5.82 Å². The van der Waals surface area contributed by atoms with Gasteiger partial charge in [-0.1, -0.05) is 6.07 Å². The number of nitro groups is 1. The number of carbonyl (C=O) groups excluding carboxylic acids is 1. The number of hydrazine groups is 1. The van der Waals surface area contributed by atoms with Crippen LogP contribution in [0, 0.1) is 24.0 Å². The van der Waals surface area contributed by atoms with E-state index in [2.05, 4.69) is 20.8 Å². The number of amides is 1. The van der Waals surface area contributed by atoms with Crippen molar-refractivity contribution >= 4 is 17.4 Å². The number of furan rings is 1. The minimum atomic E-state index is -0.697. The molecule has 1 amide bonds. The quantitative estimate of drug-likeness (QED) is 0.500. The highest BCUT2D eigenvalue weighted by atomic mass is 16.6. The Morgan fingerprint density at radius 3 is 2.70 bits per heavy atom. The normalized spacial score (nSPS) is 10.3. The van der Waals surface area contributed by atoms with E-state index in [9.17, 15) is 14.9 Å². The summed E-state index contributed by atoms with van der Waals surface area (Å²) in [6, 6.07) is 8.24. The van der Waals surface area contributed by atoms with Gasteiger partial charge in [0.1, 0.15) is 12.1 Å². The standard InChI is InChI=1S/C17H15N5O5/c1-10-5-6-12(8-11(10)2)27-17-14(22(24)25)15(18-9-19-17)20-21-16(23)13-4-3-7-26-13/h3-9H,1-2H3,(H,21,23)(H,18,19,20). The molecule has 3 aromatic rings. The minimum absolute atomic E-state index is 0.0332. The van der Waals surface area contributed by atoms with Gasteiger partial charge in [0.25, 0.3) is 0 Å². The SMILES string of the molecule is Cc1ccc(Oc2ncnc(NNC(=O)c3ccco3)c2[N+](=O)[O-])cc1C. The fourth-order valence-electron chi connectivity index (χ4n) is 2.17. The highest BCUT2D eigenvalue weighted by molar-refractivity contribution is 5.92. The largest absolute Gasteiger partial charge is 0.459 e. The number of ether oxygens (including phenoxy) is 1. The Morgan fingerprint density at radius 1 is 1.22 bits per heavy atom. The number of aryl methyl sites for hydroxylation is 2. The first-order valence-electron chi connectivity index (χ1n) is 7.80. The number of benzene rings is 1. The Morgan fingerprint density at radius 2 is 2.04 bits per heavy atom. The van der Waals surface area contributed by atoms with E-state index < -0.39 is 16.5 Å². The number of rotatable bonds is 6. The van der Waals surface area contributed by atoms with Crippen LogP contribution in [-0.2, 0) is 0 Å². The van der Waals surface area contributed by atoms with Gasteiger partial charge in [-0.3, -0.25) is 25.8 Å². The number of nitrogens with zero attached hydrogens (tertiary/aromatic N) is 3. The lowest BCUT2D eigenvalue weighted by Gasteiger charge is -2.10. The first-order chi connectivity index (χ1) is 13.0. The Hall–Kier alpha value is -3.95. The van der Waals surface area contributed by atoms with E-state index in [0.717, 1.165) is 17.5 Å². The molecular formula is C17H15N5O5. The lowest BCUT2D eigenvalue weighted by molar-refractivity contribution is -0.385. The van der Waals surface area contributed by atoms with E-state index in [0.29, 0.717) is 5.75 Å². The van der Waals surface area contributed by atoms with E-state index in [1.165, 1.54) is 18.4 Å². The Bertz CT molecular complexity index is 987. The Kier molecular flexibility index (Phi) is 4.97. The van der Waals surface area contributed by atoms with Gasteiger partial charge in [-0.2, -0.15) is 4.98 Å². The number of aromatic nitrogens is 2. The fraction of sp³-hybridized carbons (Fsp3) is 0.118. The van der Waals surface area contributed by atoms with Gasteiger partial charge in [0.05, 0.1) is 11.2 Å². The molecule has 0 unspecified atom stereocenters. The van der Waals surface area contributed by atoms with Gasteiger partial charge in [-0.25, -0.2) is 4.98 Å². The molecule has 0 aliphatic heterocycles. The molecule has 10 heteroatoms. The van der Waals surface area contributed by atoms with Crippen LogP contribution in [0.25, 0.3) is 0 Å². The third-order valence-electron chi connectivity index (χ3n) is 3.70. The lowest BCUT2D eigenvalue weighted by Crippen LogP contribution is -2.30. The van der Waals surface area contributed by atoms with E-state index in [1.54, 1.807) is 12.1 Å². The summed E-state index contributed by atoms with van der Waals surface area (Å²) in [5.74, 6) is -0.678. The third-order valence-corrected chi connectivity index (χ3v) is 3.70. The first-order valence-corrected chi connectivity index (χ1v) is 7.80. The average Bonchev–Trinajstić information content (AvgIpc) is 3.17. The zero-order valence-corrected chi connectivity index (χ0v) is 14.4. The summed E-state index contributed by atoms with van der Waals surface area (Å²) in [4.78, 5) is 30.3. The van der Waals surface area contributed by atoms with Crippen LogP contribution < -0.4 is 15.6 Å². The van der Waals surface area contributed by atoms with Crippen LogP contribution >= 0.6 is 0 Å². The van der Waals surface area contributed by atoms with Crippen LogP contribution in [-0.4, -0.2) is 20.8 Å². The topological polar surface area (TPSA) is 132 Å². The minimum Gasteiger partial charge on any atom is -0.459 e. The predicted octanol–water partition coefficient (Wildman–Crippen LogP) is 3.14. The molecule has 27 heavy (non-hydrogen) atoms. The molecule has 0 atom stereocenters. The molecule has 0 radical (unpaired) electrons. The van der Waals surface area contributed by atoms with Crippen LogP contribution in [0.15, 0.2) is 47.3 Å². The van der Waals surface area contributed by atoms with Crippen LogP contribution in [0.1, 0.15) is 21.7 Å². The Balaban J connectivity index is 1.84. The maximum absolute atomic E-state index is 11.9. The molecule has 0 saturated carbocycles. The lowest BCUT2D eigenvalue weighted by atomic mass is 10.1. The van der Waals surface area contributed by atoms with Crippen molar-refractivity contribution in [3.8, 4) is 11.6 Å². The third kappa shape index (κ3) is 4.00. The molecule has 2 aromatic heterocycles. The summed E-state index contributed by atoms with van der Waals surface area (Å²) in [5.41, 5.74) is 6.17. The summed E-state index contributed by atoms with van der Waals surface area (Å²) >= 11 is 0. The summed E-state index contributed by atoms with van der Waals surface area (Å²) in [7, 11) is 0. The molecule has 2 heterocycles. The second-order valence-electron chi connectivity index (χ2n) is 5.54. The van der Waals surface area contributed by atoms with Crippen LogP contribution in [0.4, 0.5) is 11.5 Å². The molecule has 3 rings (SSSR count). The van der Waals surface area contributed by atoms with Crippen molar-refractivity contribution in [2.45, 2.75) is 13.8 Å². The molecular weight excluding hydrogens is 354 g/mol. The molecule has 0 spiro atoms. The number of carbonyl (C=O) groups is 1. The zero-order chi connectivity index (χ0) is 19.4. The Labute approximate surface area is 153 Å². The van der Waals surface area contributed by atoms with E-state index >= 15 is 0 Å². The predicted molar refractivity (Wildman–Crippen MR) is 94.5 cm³/mol. The van der Waals surface area contributed by atoms with Crippen LogP contribution in [0.2, 0.25) is 0 Å². The number of anilines is 1. The molecule has 138 valence electrons.